The number of benzene rings is 1. The number of halogens is 1. The van der Waals surface area contributed by atoms with Gasteiger partial charge in [-0.05, 0) is 67.8 Å². The molecule has 31 heavy (non-hydrogen) atoms. The van der Waals surface area contributed by atoms with Gasteiger partial charge in [-0.1, -0.05) is 6.07 Å². The van der Waals surface area contributed by atoms with E-state index in [4.69, 9.17) is 4.74 Å². The van der Waals surface area contributed by atoms with Gasteiger partial charge in [0.1, 0.15) is 11.6 Å². The van der Waals surface area contributed by atoms with E-state index in [1.165, 1.54) is 15.8 Å². The van der Waals surface area contributed by atoms with Gasteiger partial charge in [0.2, 0.25) is 0 Å². The molecule has 4 heterocycles. The minimum Gasteiger partial charge on any atom is -0.379 e. The van der Waals surface area contributed by atoms with Gasteiger partial charge in [-0.15, -0.1) is 11.3 Å². The van der Waals surface area contributed by atoms with Crippen molar-refractivity contribution in [3.8, 4) is 0 Å². The first kappa shape index (κ1) is 20.8. The normalized spacial score (nSPS) is 18.0. The summed E-state index contributed by atoms with van der Waals surface area (Å²) < 4.78 is 23.7. The topological polar surface area (TPSA) is 52.3 Å². The number of methoxy groups -OCH3 is 1. The fraction of sp³-hybridized carbons (Fsp3) is 0.565. The van der Waals surface area contributed by atoms with Crippen LogP contribution in [-0.2, 0) is 30.9 Å². The standard InChI is InChI=1S/C23H29FN4O2S/c1-30-15-20-22(18-6-5-17(24)14-19(18)31-20)16-7-10-26(11-8-16)12-13-28-23(29)27-9-3-2-4-21(27)25-28/h5-6,14,16H,2-4,7-13,15H2,1H3. The number of hydrogen-bond acceptors (Lipinski definition) is 5. The maximum Gasteiger partial charge on any atom is 0.345 e. The summed E-state index contributed by atoms with van der Waals surface area (Å²) in [7, 11) is 1.72. The number of hydrogen-bond donors (Lipinski definition) is 0. The lowest BCUT2D eigenvalue weighted by Gasteiger charge is -2.32. The molecule has 0 radical (unpaired) electrons. The Kier molecular flexibility index (Phi) is 5.95. The fourth-order valence-corrected chi connectivity index (χ4v) is 6.39. The second-order valence-electron chi connectivity index (χ2n) is 8.66. The number of ether oxygens (including phenoxy) is 1. The number of aromatic nitrogens is 3. The number of likely N-dealkylation sites (tertiary alicyclic amines) is 1. The van der Waals surface area contributed by atoms with Crippen LogP contribution in [0.15, 0.2) is 23.0 Å². The Labute approximate surface area is 185 Å². The van der Waals surface area contributed by atoms with Crippen molar-refractivity contribution in [1.82, 2.24) is 19.2 Å². The molecule has 0 bridgehead atoms. The van der Waals surface area contributed by atoms with E-state index < -0.39 is 0 Å². The van der Waals surface area contributed by atoms with E-state index in [-0.39, 0.29) is 11.5 Å². The molecule has 2 aliphatic rings. The molecule has 2 aliphatic heterocycles. The Bertz CT molecular complexity index is 1130. The summed E-state index contributed by atoms with van der Waals surface area (Å²) in [6, 6.07) is 5.13. The first-order chi connectivity index (χ1) is 15.1. The van der Waals surface area contributed by atoms with Crippen molar-refractivity contribution in [2.75, 3.05) is 26.7 Å². The predicted octanol–water partition coefficient (Wildman–Crippen LogP) is 3.76. The molecule has 3 aromatic rings. The fourth-order valence-electron chi connectivity index (χ4n) is 5.10. The third-order valence-electron chi connectivity index (χ3n) is 6.70. The van der Waals surface area contributed by atoms with E-state index in [1.54, 1.807) is 35.3 Å². The summed E-state index contributed by atoms with van der Waals surface area (Å²) in [4.78, 5) is 16.2. The predicted molar refractivity (Wildman–Crippen MR) is 120 cm³/mol. The third kappa shape index (κ3) is 4.08. The summed E-state index contributed by atoms with van der Waals surface area (Å²) in [5.74, 6) is 1.22. The Morgan fingerprint density at radius 1 is 1.19 bits per heavy atom. The number of aryl methyl sites for hydroxylation is 1. The van der Waals surface area contributed by atoms with E-state index in [0.29, 0.717) is 19.1 Å². The van der Waals surface area contributed by atoms with Gasteiger partial charge in [0.25, 0.3) is 0 Å². The molecule has 1 fully saturated rings. The molecular formula is C23H29FN4O2S. The lowest BCUT2D eigenvalue weighted by molar-refractivity contribution is 0.182. The summed E-state index contributed by atoms with van der Waals surface area (Å²) >= 11 is 1.65. The van der Waals surface area contributed by atoms with Crippen molar-refractivity contribution in [2.24, 2.45) is 0 Å². The van der Waals surface area contributed by atoms with Crippen molar-refractivity contribution in [3.63, 3.8) is 0 Å². The molecule has 0 N–H and O–H groups in total. The Morgan fingerprint density at radius 3 is 2.81 bits per heavy atom. The molecule has 1 aromatic carbocycles. The van der Waals surface area contributed by atoms with E-state index in [9.17, 15) is 9.18 Å². The molecule has 166 valence electrons. The van der Waals surface area contributed by atoms with Crippen LogP contribution in [0.3, 0.4) is 0 Å². The van der Waals surface area contributed by atoms with Crippen LogP contribution in [0.25, 0.3) is 10.1 Å². The molecule has 0 saturated carbocycles. The largest absolute Gasteiger partial charge is 0.379 e. The van der Waals surface area contributed by atoms with E-state index in [1.807, 2.05) is 10.6 Å². The van der Waals surface area contributed by atoms with Gasteiger partial charge in [0.05, 0.1) is 13.2 Å². The van der Waals surface area contributed by atoms with Gasteiger partial charge >= 0.3 is 5.69 Å². The molecule has 8 heteroatoms. The molecule has 0 aliphatic carbocycles. The van der Waals surface area contributed by atoms with Crippen molar-refractivity contribution >= 4 is 21.4 Å². The molecule has 2 aromatic heterocycles. The Hall–Kier alpha value is -2.03. The zero-order valence-electron chi connectivity index (χ0n) is 18.0. The molecule has 0 unspecified atom stereocenters. The third-order valence-corrected chi connectivity index (χ3v) is 7.84. The van der Waals surface area contributed by atoms with Crippen LogP contribution in [0.4, 0.5) is 4.39 Å². The van der Waals surface area contributed by atoms with Gasteiger partial charge in [-0.25, -0.2) is 13.9 Å². The number of rotatable bonds is 6. The van der Waals surface area contributed by atoms with Gasteiger partial charge in [0, 0.05) is 36.2 Å². The Morgan fingerprint density at radius 2 is 2.03 bits per heavy atom. The molecule has 0 amide bonds. The summed E-state index contributed by atoms with van der Waals surface area (Å²) in [5, 5.41) is 5.73. The van der Waals surface area contributed by atoms with E-state index in [0.717, 1.165) is 68.8 Å². The van der Waals surface area contributed by atoms with Gasteiger partial charge < -0.3 is 9.64 Å². The molecule has 6 nitrogen and oxygen atoms in total. The summed E-state index contributed by atoms with van der Waals surface area (Å²) in [6.07, 6.45) is 5.24. The number of nitrogens with zero attached hydrogens (tertiary/aromatic N) is 4. The van der Waals surface area contributed by atoms with Crippen molar-refractivity contribution in [3.05, 3.63) is 50.8 Å². The summed E-state index contributed by atoms with van der Waals surface area (Å²) in [6.45, 7) is 4.88. The maximum atomic E-state index is 13.7. The number of piperidine rings is 1. The second kappa shape index (κ2) is 8.84. The average molecular weight is 445 g/mol. The highest BCUT2D eigenvalue weighted by molar-refractivity contribution is 7.19. The number of fused-ring (bicyclic) bond motifs is 2. The van der Waals surface area contributed by atoms with Gasteiger partial charge in [-0.3, -0.25) is 4.57 Å². The van der Waals surface area contributed by atoms with Crippen LogP contribution in [0.2, 0.25) is 0 Å². The summed E-state index contributed by atoms with van der Waals surface area (Å²) in [5.41, 5.74) is 1.39. The first-order valence-corrected chi connectivity index (χ1v) is 12.0. The van der Waals surface area contributed by atoms with Crippen LogP contribution in [-0.4, -0.2) is 46.0 Å². The second-order valence-corrected chi connectivity index (χ2v) is 9.80. The molecule has 0 atom stereocenters. The van der Waals surface area contributed by atoms with E-state index >= 15 is 0 Å². The van der Waals surface area contributed by atoms with Crippen molar-refractivity contribution in [1.29, 1.82) is 0 Å². The van der Waals surface area contributed by atoms with E-state index in [2.05, 4.69) is 10.00 Å². The monoisotopic (exact) mass is 444 g/mol. The minimum absolute atomic E-state index is 0.0470. The Balaban J connectivity index is 1.25. The van der Waals surface area contributed by atoms with Crippen LogP contribution in [0.1, 0.15) is 47.9 Å². The lowest BCUT2D eigenvalue weighted by Crippen LogP contribution is -2.37. The molecular weight excluding hydrogens is 415 g/mol. The highest BCUT2D eigenvalue weighted by Crippen LogP contribution is 2.41. The van der Waals surface area contributed by atoms with Gasteiger partial charge in [0.15, 0.2) is 0 Å². The lowest BCUT2D eigenvalue weighted by atomic mass is 9.87. The van der Waals surface area contributed by atoms with Gasteiger partial charge in [-0.2, -0.15) is 5.10 Å². The highest BCUT2D eigenvalue weighted by Gasteiger charge is 2.26. The zero-order chi connectivity index (χ0) is 21.4. The average Bonchev–Trinajstić information content (AvgIpc) is 3.30. The quantitative estimate of drug-likeness (QED) is 0.581. The van der Waals surface area contributed by atoms with Crippen LogP contribution in [0, 0.1) is 5.82 Å². The highest BCUT2D eigenvalue weighted by atomic mass is 32.1. The maximum absolute atomic E-state index is 13.7. The van der Waals surface area contributed by atoms with Crippen molar-refractivity contribution < 1.29 is 9.13 Å². The smallest absolute Gasteiger partial charge is 0.345 e. The number of thiophene rings is 1. The van der Waals surface area contributed by atoms with Crippen LogP contribution >= 0.6 is 11.3 Å². The first-order valence-electron chi connectivity index (χ1n) is 11.2. The molecule has 0 spiro atoms. The van der Waals surface area contributed by atoms with Crippen molar-refractivity contribution in [2.45, 2.75) is 57.7 Å². The molecule has 5 rings (SSSR count). The minimum atomic E-state index is -0.185. The molecule has 1 saturated heterocycles. The zero-order valence-corrected chi connectivity index (χ0v) is 18.8. The van der Waals surface area contributed by atoms with Crippen LogP contribution in [0.5, 0.6) is 0 Å². The SMILES string of the molecule is COCc1sc2cc(F)ccc2c1C1CCN(CCn2nc3n(c2=O)CCCC3)CC1. The van der Waals surface area contributed by atoms with Crippen LogP contribution < -0.4 is 5.69 Å².